The van der Waals surface area contributed by atoms with Crippen molar-refractivity contribution in [2.75, 3.05) is 6.54 Å². The monoisotopic (exact) mass is 1060 g/mol. The smallest absolute Gasteiger partial charge is 0.303 e. The van der Waals surface area contributed by atoms with E-state index in [-0.39, 0.29) is 51.5 Å². The fourth-order valence-electron chi connectivity index (χ4n) is 9.98. The molecule has 2 aliphatic rings. The van der Waals surface area contributed by atoms with Crippen molar-refractivity contribution in [3.05, 3.63) is 130 Å². The Bertz CT molecular complexity index is 3080. The van der Waals surface area contributed by atoms with E-state index < -0.39 is 92.5 Å². The van der Waals surface area contributed by atoms with Crippen LogP contribution in [0.15, 0.2) is 96.4 Å². The molecule has 0 radical (unpaired) electrons. The number of benzene rings is 4. The molecule has 0 saturated carbocycles. The predicted octanol–water partition coefficient (Wildman–Crippen LogP) is 6.25. The van der Waals surface area contributed by atoms with E-state index in [0.29, 0.717) is 36.0 Å². The molecule has 75 heavy (non-hydrogen) atoms. The summed E-state index contributed by atoms with van der Waals surface area (Å²) in [6.07, 6.45) is 1.62. The van der Waals surface area contributed by atoms with Gasteiger partial charge in [-0.15, -0.1) is 11.3 Å². The van der Waals surface area contributed by atoms with Gasteiger partial charge < -0.3 is 36.6 Å². The third-order valence-electron chi connectivity index (χ3n) is 13.7. The largest absolute Gasteiger partial charge is 0.481 e. The van der Waals surface area contributed by atoms with E-state index in [1.165, 1.54) is 28.4 Å². The lowest BCUT2D eigenvalue weighted by Gasteiger charge is -2.37. The average Bonchev–Trinajstić information content (AvgIpc) is 4.07. The Morgan fingerprint density at radius 1 is 0.747 bits per heavy atom. The minimum atomic E-state index is -4.32. The van der Waals surface area contributed by atoms with Gasteiger partial charge in [-0.05, 0) is 128 Å². The zero-order valence-electron chi connectivity index (χ0n) is 42.9. The lowest BCUT2D eigenvalue weighted by atomic mass is 9.94. The molecule has 7 rings (SSSR count). The number of carbonyl (C=O) groups is 7. The van der Waals surface area contributed by atoms with E-state index in [1.807, 2.05) is 66.9 Å². The summed E-state index contributed by atoms with van der Waals surface area (Å²) in [5, 5.41) is 26.6. The summed E-state index contributed by atoms with van der Waals surface area (Å²) in [6.45, 7) is 8.96. The first-order valence-electron chi connectivity index (χ1n) is 25.3. The van der Waals surface area contributed by atoms with Crippen molar-refractivity contribution < 1.29 is 51.6 Å². The predicted molar refractivity (Wildman–Crippen MR) is 286 cm³/mol. The lowest BCUT2D eigenvalue weighted by Crippen LogP contribution is -2.63. The number of rotatable bonds is 22. The van der Waals surface area contributed by atoms with Crippen LogP contribution in [0.5, 0.6) is 0 Å². The highest BCUT2D eigenvalue weighted by atomic mass is 32.2. The summed E-state index contributed by atoms with van der Waals surface area (Å²) < 4.78 is 33.6. The second kappa shape index (κ2) is 23.7. The quantitative estimate of drug-likeness (QED) is 0.0374. The van der Waals surface area contributed by atoms with Crippen LogP contribution >= 0.6 is 11.3 Å². The van der Waals surface area contributed by atoms with Gasteiger partial charge in [0.05, 0.1) is 0 Å². The molecular formula is C56H66N6O11S2. The molecule has 5 atom stereocenters. The van der Waals surface area contributed by atoms with Crippen LogP contribution in [0.1, 0.15) is 118 Å². The van der Waals surface area contributed by atoms with Crippen molar-refractivity contribution >= 4 is 73.0 Å². The number of carbonyl (C=O) groups excluding carboxylic acids is 6. The fourth-order valence-corrected chi connectivity index (χ4v) is 11.6. The van der Waals surface area contributed by atoms with Crippen molar-refractivity contribution in [1.29, 1.82) is 0 Å². The Balaban J connectivity index is 1.13. The van der Waals surface area contributed by atoms with Crippen LogP contribution in [0.3, 0.4) is 0 Å². The molecule has 1 fully saturated rings. The number of hydrogen-bond acceptors (Lipinski definition) is 10. The normalized spacial score (nSPS) is 16.7. The highest BCUT2D eigenvalue weighted by Gasteiger charge is 2.48. The number of nitrogens with one attached hydrogen (secondary N) is 5. The number of amides is 6. The summed E-state index contributed by atoms with van der Waals surface area (Å²) in [7, 11) is -4.32. The molecule has 17 nitrogen and oxygen atoms in total. The van der Waals surface area contributed by atoms with E-state index in [2.05, 4.69) is 26.6 Å². The summed E-state index contributed by atoms with van der Waals surface area (Å²) in [5.41, 5.74) is 3.62. The van der Waals surface area contributed by atoms with Crippen LogP contribution in [0.4, 0.5) is 0 Å². The van der Waals surface area contributed by atoms with E-state index >= 15 is 0 Å². The minimum Gasteiger partial charge on any atom is -0.481 e. The fraction of sp³-hybridized carbons (Fsp3) is 0.411. The number of thiophene rings is 1. The maximum Gasteiger partial charge on any atom is 0.303 e. The van der Waals surface area contributed by atoms with Crippen LogP contribution in [0, 0.1) is 0 Å². The second-order valence-corrected chi connectivity index (χ2v) is 23.1. The van der Waals surface area contributed by atoms with Gasteiger partial charge in [-0.2, -0.15) is 8.42 Å². The van der Waals surface area contributed by atoms with Crippen LogP contribution in [0.2, 0.25) is 0 Å². The topological polar surface area (TPSA) is 257 Å². The van der Waals surface area contributed by atoms with Crippen molar-refractivity contribution in [3.63, 3.8) is 0 Å². The lowest BCUT2D eigenvalue weighted by molar-refractivity contribution is -0.147. The van der Waals surface area contributed by atoms with Gasteiger partial charge in [0.1, 0.15) is 35.5 Å². The minimum absolute atomic E-state index is 0.0173. The Hall–Kier alpha value is -6.96. The van der Waals surface area contributed by atoms with E-state index in [1.54, 1.807) is 52.0 Å². The maximum atomic E-state index is 14.9. The first-order chi connectivity index (χ1) is 35.5. The van der Waals surface area contributed by atoms with E-state index in [0.717, 1.165) is 37.9 Å². The number of carboxylic acids is 1. The molecular weight excluding hydrogens is 997 g/mol. The molecule has 6 amide bonds. The van der Waals surface area contributed by atoms with Gasteiger partial charge >= 0.3 is 5.97 Å². The molecule has 0 unspecified atom stereocenters. The number of likely N-dealkylation sites (tertiary alicyclic amines) is 1. The van der Waals surface area contributed by atoms with Gasteiger partial charge in [0.2, 0.25) is 29.5 Å². The number of hydrogen-bond donors (Lipinski definition) is 7. The third kappa shape index (κ3) is 14.1. The number of nitrogens with zero attached hydrogens (tertiary/aromatic N) is 1. The third-order valence-corrected chi connectivity index (χ3v) is 15.4. The number of fused-ring (bicyclic) bond motifs is 4. The van der Waals surface area contributed by atoms with Crippen molar-refractivity contribution in [2.24, 2.45) is 0 Å². The molecule has 1 aromatic heterocycles. The van der Waals surface area contributed by atoms with Gasteiger partial charge in [0, 0.05) is 41.6 Å². The van der Waals surface area contributed by atoms with E-state index in [4.69, 9.17) is 0 Å². The molecule has 2 heterocycles. The zero-order valence-corrected chi connectivity index (χ0v) is 44.5. The molecule has 1 saturated heterocycles. The van der Waals surface area contributed by atoms with E-state index in [9.17, 15) is 51.6 Å². The zero-order chi connectivity index (χ0) is 54.2. The summed E-state index contributed by atoms with van der Waals surface area (Å²) in [5.74, 6) is -5.21. The average molecular weight is 1060 g/mol. The van der Waals surface area contributed by atoms with Crippen LogP contribution in [-0.2, 0) is 63.9 Å². The molecule has 1 aliphatic heterocycles. The molecule has 7 N–H and O–H groups in total. The van der Waals surface area contributed by atoms with Gasteiger partial charge in [-0.1, -0.05) is 92.2 Å². The Labute approximate surface area is 441 Å². The maximum absolute atomic E-state index is 14.9. The standard InChI is InChI=1S/C56H66N6O11S2/c1-6-14-44(58-50(66)45(29-34-23-25-35(26-24-34)33-75(71,72)73)59-49(65)41-19-11-18-40-38-16-8-7-15-36(38)30-42(40)41)53(69)62-28-13-27-56(62,5)54(70)60-46(31-37-32-74-47-21-10-9-17-39(37)47)51(67)57-43(20-12-22-48(63)64)52(68)61-55(2,3)4/h7-11,15-19,21,23-26,32,43-46H,6,12-14,20,22,27-31,33H2,1-5H3,(H,57,67)(H,58,66)(H,59,65)(H,60,70)(H,61,68)(H,63,64)(H,71,72,73)/t43-,44-,45-,46-,56-/m0/s1. The van der Waals surface area contributed by atoms with Gasteiger partial charge in [0.15, 0.2) is 0 Å². The number of aliphatic carboxylic acids is 1. The van der Waals surface area contributed by atoms with Crippen molar-refractivity contribution in [2.45, 2.75) is 140 Å². The molecule has 0 spiro atoms. The van der Waals surface area contributed by atoms with Crippen molar-refractivity contribution in [1.82, 2.24) is 31.5 Å². The Kier molecular flexibility index (Phi) is 17.6. The molecule has 5 aromatic rings. The highest BCUT2D eigenvalue weighted by molar-refractivity contribution is 7.85. The summed E-state index contributed by atoms with van der Waals surface area (Å²) >= 11 is 1.47. The highest BCUT2D eigenvalue weighted by Crippen LogP contribution is 2.38. The molecule has 398 valence electrons. The molecule has 1 aliphatic carbocycles. The first kappa shape index (κ1) is 55.8. The molecule has 0 bridgehead atoms. The van der Waals surface area contributed by atoms with Gasteiger partial charge in [0.25, 0.3) is 16.0 Å². The first-order valence-corrected chi connectivity index (χ1v) is 27.8. The van der Waals surface area contributed by atoms with Crippen LogP contribution in [0.25, 0.3) is 21.2 Å². The molecule has 4 aromatic carbocycles. The van der Waals surface area contributed by atoms with Crippen molar-refractivity contribution in [3.8, 4) is 11.1 Å². The van der Waals surface area contributed by atoms with Gasteiger partial charge in [-0.25, -0.2) is 0 Å². The summed E-state index contributed by atoms with van der Waals surface area (Å²) in [6, 6.07) is 22.4. The Morgan fingerprint density at radius 3 is 2.09 bits per heavy atom. The van der Waals surface area contributed by atoms with Crippen LogP contribution < -0.4 is 26.6 Å². The second-order valence-electron chi connectivity index (χ2n) is 20.7. The molecule has 19 heteroatoms. The van der Waals surface area contributed by atoms with Gasteiger partial charge in [-0.3, -0.25) is 38.1 Å². The summed E-state index contributed by atoms with van der Waals surface area (Å²) in [4.78, 5) is 99.7. The Morgan fingerprint density at radius 2 is 1.40 bits per heavy atom. The SMILES string of the molecule is CCC[C@H](NC(=O)[C@H](Cc1ccc(CS(=O)(=O)O)cc1)NC(=O)c1cccc2c1Cc1ccccc1-2)C(=O)N1CCC[C@@]1(C)C(=O)N[C@@H](Cc1csc2ccccc12)C(=O)N[C@@H](CCCC(=O)O)C(=O)NC(C)(C)C. The van der Waals surface area contributed by atoms with Crippen LogP contribution in [-0.4, -0.2) is 106 Å². The number of carboxylic acid groups (broad SMARTS) is 1.